The van der Waals surface area contributed by atoms with Crippen molar-refractivity contribution in [1.82, 2.24) is 0 Å². The van der Waals surface area contributed by atoms with Crippen LogP contribution in [0.5, 0.6) is 0 Å². The van der Waals surface area contributed by atoms with E-state index in [4.69, 9.17) is 17.3 Å². The highest BCUT2D eigenvalue weighted by atomic mass is 35.5. The van der Waals surface area contributed by atoms with E-state index in [0.717, 1.165) is 12.8 Å². The lowest BCUT2D eigenvalue weighted by Gasteiger charge is -2.11. The van der Waals surface area contributed by atoms with Crippen LogP contribution in [0, 0.1) is 17.7 Å². The van der Waals surface area contributed by atoms with E-state index in [9.17, 15) is 4.39 Å². The first kappa shape index (κ1) is 13.0. The molecule has 16 heavy (non-hydrogen) atoms. The Labute approximate surface area is 101 Å². The maximum absolute atomic E-state index is 13.5. The van der Waals surface area contributed by atoms with Crippen molar-refractivity contribution >= 4 is 11.6 Å². The molecule has 0 saturated heterocycles. The predicted molar refractivity (Wildman–Crippen MR) is 65.8 cm³/mol. The second kappa shape index (κ2) is 6.52. The molecule has 1 nitrogen and oxygen atoms in total. The predicted octanol–water partition coefficient (Wildman–Crippen LogP) is 3.15. The van der Waals surface area contributed by atoms with Gasteiger partial charge in [0.05, 0.1) is 5.02 Å². The van der Waals surface area contributed by atoms with Crippen molar-refractivity contribution in [3.8, 4) is 11.8 Å². The van der Waals surface area contributed by atoms with Gasteiger partial charge in [0.15, 0.2) is 0 Å². The van der Waals surface area contributed by atoms with Crippen molar-refractivity contribution in [2.45, 2.75) is 32.2 Å². The van der Waals surface area contributed by atoms with Crippen molar-refractivity contribution in [1.29, 1.82) is 0 Å². The lowest BCUT2D eigenvalue weighted by molar-refractivity contribution is 0.571. The standard InChI is InChI=1S/C13H15ClFN/c1-2-3-4-7-11(16)9-10-6-5-8-12(14)13(10)15/h5-6,8,11H,4,7,9,16H2,1H3. The SMILES string of the molecule is CC#CCCC(N)Cc1cccc(Cl)c1F. The monoisotopic (exact) mass is 239 g/mol. The summed E-state index contributed by atoms with van der Waals surface area (Å²) in [5.41, 5.74) is 6.46. The van der Waals surface area contributed by atoms with Gasteiger partial charge in [0.1, 0.15) is 5.82 Å². The van der Waals surface area contributed by atoms with Gasteiger partial charge >= 0.3 is 0 Å². The Hall–Kier alpha value is -1.04. The van der Waals surface area contributed by atoms with Crippen molar-refractivity contribution in [2.75, 3.05) is 0 Å². The molecule has 1 aromatic carbocycles. The van der Waals surface area contributed by atoms with Crippen LogP contribution in [0.25, 0.3) is 0 Å². The zero-order valence-electron chi connectivity index (χ0n) is 9.26. The second-order valence-corrected chi connectivity index (χ2v) is 4.05. The summed E-state index contributed by atoms with van der Waals surface area (Å²) in [5, 5.41) is 0.151. The fourth-order valence-corrected chi connectivity index (χ4v) is 1.67. The number of halogens is 2. The molecule has 0 aromatic heterocycles. The van der Waals surface area contributed by atoms with E-state index >= 15 is 0 Å². The molecule has 2 N–H and O–H groups in total. The van der Waals surface area contributed by atoms with E-state index < -0.39 is 0 Å². The number of hydrogen-bond donors (Lipinski definition) is 1. The average molecular weight is 240 g/mol. The lowest BCUT2D eigenvalue weighted by Crippen LogP contribution is -2.23. The molecule has 0 aliphatic heterocycles. The molecular weight excluding hydrogens is 225 g/mol. The maximum atomic E-state index is 13.5. The van der Waals surface area contributed by atoms with Crippen LogP contribution in [0.1, 0.15) is 25.3 Å². The van der Waals surface area contributed by atoms with Crippen molar-refractivity contribution in [3.63, 3.8) is 0 Å². The molecule has 1 unspecified atom stereocenters. The third-order valence-corrected chi connectivity index (χ3v) is 2.62. The summed E-state index contributed by atoms with van der Waals surface area (Å²) in [5.74, 6) is 5.39. The largest absolute Gasteiger partial charge is 0.327 e. The van der Waals surface area contributed by atoms with Crippen molar-refractivity contribution in [3.05, 3.63) is 34.6 Å². The first-order chi connectivity index (χ1) is 7.65. The van der Waals surface area contributed by atoms with Gasteiger partial charge in [-0.2, -0.15) is 0 Å². The number of rotatable bonds is 4. The van der Waals surface area contributed by atoms with Gasteiger partial charge in [-0.3, -0.25) is 0 Å². The molecular formula is C13H15ClFN. The minimum atomic E-state index is -0.360. The van der Waals surface area contributed by atoms with Crippen LogP contribution in [0.2, 0.25) is 5.02 Å². The highest BCUT2D eigenvalue weighted by molar-refractivity contribution is 6.30. The summed E-state index contributed by atoms with van der Waals surface area (Å²) in [6, 6.07) is 4.91. The van der Waals surface area contributed by atoms with Crippen LogP contribution in [0.4, 0.5) is 4.39 Å². The Bertz CT molecular complexity index is 406. The van der Waals surface area contributed by atoms with Gasteiger partial charge in [-0.25, -0.2) is 4.39 Å². The van der Waals surface area contributed by atoms with Gasteiger partial charge in [-0.15, -0.1) is 11.8 Å². The average Bonchev–Trinajstić information content (AvgIpc) is 2.25. The molecule has 0 saturated carbocycles. The molecule has 0 aliphatic rings. The molecule has 0 amide bonds. The Morgan fingerprint density at radius 3 is 2.94 bits per heavy atom. The summed E-state index contributed by atoms with van der Waals surface area (Å²) in [4.78, 5) is 0. The number of nitrogens with two attached hydrogens (primary N) is 1. The Morgan fingerprint density at radius 2 is 2.25 bits per heavy atom. The van der Waals surface area contributed by atoms with Crippen LogP contribution >= 0.6 is 11.6 Å². The third-order valence-electron chi connectivity index (χ3n) is 2.33. The smallest absolute Gasteiger partial charge is 0.145 e. The van der Waals surface area contributed by atoms with Crippen LogP contribution in [-0.4, -0.2) is 6.04 Å². The quantitative estimate of drug-likeness (QED) is 0.803. The van der Waals surface area contributed by atoms with E-state index in [1.54, 1.807) is 19.1 Å². The third kappa shape index (κ3) is 3.84. The lowest BCUT2D eigenvalue weighted by atomic mass is 10.0. The van der Waals surface area contributed by atoms with Crippen LogP contribution in [0.15, 0.2) is 18.2 Å². The minimum absolute atomic E-state index is 0.0752. The zero-order valence-corrected chi connectivity index (χ0v) is 10.0. The molecule has 0 heterocycles. The van der Waals surface area contributed by atoms with E-state index in [0.29, 0.717) is 12.0 Å². The molecule has 1 rings (SSSR count). The van der Waals surface area contributed by atoms with Crippen molar-refractivity contribution in [2.24, 2.45) is 5.73 Å². The number of benzene rings is 1. The first-order valence-electron chi connectivity index (χ1n) is 5.23. The number of hydrogen-bond acceptors (Lipinski definition) is 1. The van der Waals surface area contributed by atoms with Crippen LogP contribution in [0.3, 0.4) is 0 Å². The van der Waals surface area contributed by atoms with Crippen LogP contribution in [-0.2, 0) is 6.42 Å². The molecule has 3 heteroatoms. The summed E-state index contributed by atoms with van der Waals surface area (Å²) in [7, 11) is 0. The fourth-order valence-electron chi connectivity index (χ4n) is 1.47. The van der Waals surface area contributed by atoms with Gasteiger partial charge in [0.2, 0.25) is 0 Å². The van der Waals surface area contributed by atoms with E-state index in [1.165, 1.54) is 6.07 Å². The van der Waals surface area contributed by atoms with Gasteiger partial charge in [-0.05, 0) is 31.4 Å². The van der Waals surface area contributed by atoms with Gasteiger partial charge in [0, 0.05) is 12.5 Å². The Balaban J connectivity index is 2.58. The topological polar surface area (TPSA) is 26.0 Å². The van der Waals surface area contributed by atoms with Gasteiger partial charge in [0.25, 0.3) is 0 Å². The minimum Gasteiger partial charge on any atom is -0.327 e. The molecule has 0 aliphatic carbocycles. The molecule has 0 spiro atoms. The van der Waals surface area contributed by atoms with Gasteiger partial charge in [-0.1, -0.05) is 23.7 Å². The van der Waals surface area contributed by atoms with Crippen molar-refractivity contribution < 1.29 is 4.39 Å². The summed E-state index contributed by atoms with van der Waals surface area (Å²) in [6.45, 7) is 1.79. The van der Waals surface area contributed by atoms with E-state index in [-0.39, 0.29) is 16.9 Å². The second-order valence-electron chi connectivity index (χ2n) is 3.64. The normalized spacial score (nSPS) is 11.8. The molecule has 0 radical (unpaired) electrons. The molecule has 86 valence electrons. The Morgan fingerprint density at radius 1 is 1.50 bits per heavy atom. The fraction of sp³-hybridized carbons (Fsp3) is 0.385. The highest BCUT2D eigenvalue weighted by Crippen LogP contribution is 2.19. The molecule has 0 fully saturated rings. The summed E-state index contributed by atoms with van der Waals surface area (Å²) >= 11 is 5.69. The molecule has 1 aromatic rings. The molecule has 0 bridgehead atoms. The molecule has 1 atom stereocenters. The Kier molecular flexibility index (Phi) is 5.31. The van der Waals surface area contributed by atoms with Crippen LogP contribution < -0.4 is 5.73 Å². The maximum Gasteiger partial charge on any atom is 0.145 e. The highest BCUT2D eigenvalue weighted by Gasteiger charge is 2.09. The summed E-state index contributed by atoms with van der Waals surface area (Å²) in [6.07, 6.45) is 2.02. The zero-order chi connectivity index (χ0) is 12.0. The first-order valence-corrected chi connectivity index (χ1v) is 5.61. The summed E-state index contributed by atoms with van der Waals surface area (Å²) < 4.78 is 13.5. The van der Waals surface area contributed by atoms with E-state index in [1.807, 2.05) is 0 Å². The van der Waals surface area contributed by atoms with E-state index in [2.05, 4.69) is 11.8 Å². The van der Waals surface area contributed by atoms with Gasteiger partial charge < -0.3 is 5.73 Å².